The molecule has 1 unspecified atom stereocenters. The molecule has 2 rings (SSSR count). The predicted molar refractivity (Wildman–Crippen MR) is 73.1 cm³/mol. The van der Waals surface area contributed by atoms with Crippen molar-refractivity contribution in [2.45, 2.75) is 11.8 Å². The number of halogens is 1. The fourth-order valence-corrected chi connectivity index (χ4v) is 2.28. The predicted octanol–water partition coefficient (Wildman–Crippen LogP) is 1.09. The SMILES string of the molecule is OCC1(CO)COC(/C(Br)=C/c2ccccc2)N1. The van der Waals surface area contributed by atoms with E-state index in [-0.39, 0.29) is 26.0 Å². The number of aliphatic hydroxyl groups excluding tert-OH is 2. The van der Waals surface area contributed by atoms with Crippen LogP contribution in [0, 0.1) is 0 Å². The van der Waals surface area contributed by atoms with Gasteiger partial charge in [0.05, 0.1) is 25.4 Å². The van der Waals surface area contributed by atoms with Crippen molar-refractivity contribution in [3.8, 4) is 0 Å². The van der Waals surface area contributed by atoms with Gasteiger partial charge in [-0.1, -0.05) is 46.3 Å². The van der Waals surface area contributed by atoms with Crippen LogP contribution in [0.5, 0.6) is 0 Å². The number of hydrogen-bond donors (Lipinski definition) is 3. The second-order valence-corrected chi connectivity index (χ2v) is 5.29. The highest BCUT2D eigenvalue weighted by molar-refractivity contribution is 9.11. The molecule has 0 aliphatic carbocycles. The molecule has 1 saturated heterocycles. The summed E-state index contributed by atoms with van der Waals surface area (Å²) in [6.45, 7) is -0.0420. The maximum absolute atomic E-state index is 9.27. The molecule has 18 heavy (non-hydrogen) atoms. The molecule has 1 aliphatic heterocycles. The van der Waals surface area contributed by atoms with Gasteiger partial charge in [-0.05, 0) is 11.6 Å². The normalized spacial score (nSPS) is 23.3. The maximum atomic E-state index is 9.27. The Hall–Kier alpha value is -0.720. The largest absolute Gasteiger partial charge is 0.394 e. The highest BCUT2D eigenvalue weighted by Crippen LogP contribution is 2.24. The molecule has 0 spiro atoms. The van der Waals surface area contributed by atoms with E-state index < -0.39 is 5.54 Å². The van der Waals surface area contributed by atoms with Crippen LogP contribution in [0.25, 0.3) is 6.08 Å². The molecule has 3 N–H and O–H groups in total. The van der Waals surface area contributed by atoms with Gasteiger partial charge in [0.1, 0.15) is 6.23 Å². The quantitative estimate of drug-likeness (QED) is 0.779. The summed E-state index contributed by atoms with van der Waals surface area (Å²) in [5.74, 6) is 0. The molecule has 4 nitrogen and oxygen atoms in total. The molecule has 1 fully saturated rings. The minimum absolute atomic E-state index is 0.161. The van der Waals surface area contributed by atoms with Crippen LogP contribution in [0.2, 0.25) is 0 Å². The van der Waals surface area contributed by atoms with E-state index in [0.717, 1.165) is 10.0 Å². The standard InChI is InChI=1S/C13H16BrNO3/c14-11(6-10-4-2-1-3-5-10)12-15-13(7-16,8-17)9-18-12/h1-6,12,15-17H,7-9H2/b11-6-. The molecule has 1 aliphatic rings. The van der Waals surface area contributed by atoms with Crippen LogP contribution in [0.3, 0.4) is 0 Å². The summed E-state index contributed by atoms with van der Waals surface area (Å²) >= 11 is 3.46. The van der Waals surface area contributed by atoms with Gasteiger partial charge in [0, 0.05) is 4.48 Å². The lowest BCUT2D eigenvalue weighted by molar-refractivity contribution is 0.0844. The lowest BCUT2D eigenvalue weighted by Crippen LogP contribution is -2.51. The average molecular weight is 314 g/mol. The third-order valence-electron chi connectivity index (χ3n) is 2.92. The number of nitrogens with one attached hydrogen (secondary N) is 1. The van der Waals surface area contributed by atoms with Crippen molar-refractivity contribution in [3.63, 3.8) is 0 Å². The van der Waals surface area contributed by atoms with Gasteiger partial charge in [-0.2, -0.15) is 0 Å². The van der Waals surface area contributed by atoms with E-state index in [4.69, 9.17) is 4.74 Å². The van der Waals surface area contributed by atoms with Crippen LogP contribution in [0.4, 0.5) is 0 Å². The summed E-state index contributed by atoms with van der Waals surface area (Å²) in [4.78, 5) is 0. The third kappa shape index (κ3) is 2.99. The smallest absolute Gasteiger partial charge is 0.141 e. The molecule has 0 saturated carbocycles. The second-order valence-electron chi connectivity index (χ2n) is 4.37. The zero-order chi connectivity index (χ0) is 13.0. The fraction of sp³-hybridized carbons (Fsp3) is 0.385. The molecule has 0 amide bonds. The van der Waals surface area contributed by atoms with E-state index >= 15 is 0 Å². The molecule has 0 bridgehead atoms. The second kappa shape index (κ2) is 5.95. The lowest BCUT2D eigenvalue weighted by atomic mass is 10.1. The van der Waals surface area contributed by atoms with Crippen molar-refractivity contribution < 1.29 is 14.9 Å². The summed E-state index contributed by atoms with van der Waals surface area (Å²) in [6.07, 6.45) is 1.60. The highest BCUT2D eigenvalue weighted by atomic mass is 79.9. The topological polar surface area (TPSA) is 61.7 Å². The van der Waals surface area contributed by atoms with Gasteiger partial charge in [-0.25, -0.2) is 0 Å². The number of benzene rings is 1. The van der Waals surface area contributed by atoms with Crippen molar-refractivity contribution in [2.75, 3.05) is 19.8 Å². The first-order valence-electron chi connectivity index (χ1n) is 5.72. The summed E-state index contributed by atoms with van der Waals surface area (Å²) in [6, 6.07) is 9.85. The minimum atomic E-state index is -0.756. The Morgan fingerprint density at radius 2 is 2.06 bits per heavy atom. The third-order valence-corrected chi connectivity index (χ3v) is 3.57. The Morgan fingerprint density at radius 3 is 2.61 bits per heavy atom. The summed E-state index contributed by atoms with van der Waals surface area (Å²) in [7, 11) is 0. The molecule has 0 radical (unpaired) electrons. The molecule has 1 aromatic rings. The summed E-state index contributed by atoms with van der Waals surface area (Å²) in [5, 5.41) is 21.6. The molecule has 0 aromatic heterocycles. The van der Waals surface area contributed by atoms with Crippen LogP contribution >= 0.6 is 15.9 Å². The minimum Gasteiger partial charge on any atom is -0.394 e. The van der Waals surface area contributed by atoms with Gasteiger partial charge in [-0.3, -0.25) is 5.32 Å². The van der Waals surface area contributed by atoms with Crippen molar-refractivity contribution in [3.05, 3.63) is 40.4 Å². The monoisotopic (exact) mass is 313 g/mol. The molecule has 1 aromatic carbocycles. The van der Waals surface area contributed by atoms with Crippen molar-refractivity contribution in [2.24, 2.45) is 0 Å². The number of aliphatic hydroxyl groups is 2. The van der Waals surface area contributed by atoms with Gasteiger partial charge >= 0.3 is 0 Å². The van der Waals surface area contributed by atoms with E-state index in [0.29, 0.717) is 0 Å². The van der Waals surface area contributed by atoms with Gasteiger partial charge in [-0.15, -0.1) is 0 Å². The Labute approximate surface area is 114 Å². The summed E-state index contributed by atoms with van der Waals surface area (Å²) in [5.41, 5.74) is 0.300. The highest BCUT2D eigenvalue weighted by Gasteiger charge is 2.39. The van der Waals surface area contributed by atoms with Gasteiger partial charge in [0.25, 0.3) is 0 Å². The zero-order valence-electron chi connectivity index (χ0n) is 9.84. The Bertz CT molecular complexity index is 418. The Morgan fingerprint density at radius 1 is 1.39 bits per heavy atom. The zero-order valence-corrected chi connectivity index (χ0v) is 11.4. The maximum Gasteiger partial charge on any atom is 0.141 e. The molecule has 1 heterocycles. The van der Waals surface area contributed by atoms with Crippen molar-refractivity contribution >= 4 is 22.0 Å². The first kappa shape index (κ1) is 13.7. The fourth-order valence-electron chi connectivity index (χ4n) is 1.77. The number of hydrogen-bond acceptors (Lipinski definition) is 4. The van der Waals surface area contributed by atoms with Gasteiger partial charge < -0.3 is 14.9 Å². The van der Waals surface area contributed by atoms with Crippen LogP contribution in [-0.4, -0.2) is 41.8 Å². The Balaban J connectivity index is 2.08. The van der Waals surface area contributed by atoms with Gasteiger partial charge in [0.2, 0.25) is 0 Å². The van der Waals surface area contributed by atoms with Crippen LogP contribution in [0.15, 0.2) is 34.8 Å². The van der Waals surface area contributed by atoms with Crippen molar-refractivity contribution in [1.29, 1.82) is 0 Å². The molecule has 5 heteroatoms. The molecular weight excluding hydrogens is 298 g/mol. The first-order valence-corrected chi connectivity index (χ1v) is 6.51. The molecule has 98 valence electrons. The van der Waals surface area contributed by atoms with E-state index in [9.17, 15) is 10.2 Å². The number of ether oxygens (including phenoxy) is 1. The Kier molecular flexibility index (Phi) is 4.53. The average Bonchev–Trinajstić information content (AvgIpc) is 2.85. The molecular formula is C13H16BrNO3. The van der Waals surface area contributed by atoms with Crippen LogP contribution < -0.4 is 5.32 Å². The van der Waals surface area contributed by atoms with Crippen LogP contribution in [-0.2, 0) is 4.74 Å². The van der Waals surface area contributed by atoms with Gasteiger partial charge in [0.15, 0.2) is 0 Å². The summed E-state index contributed by atoms with van der Waals surface area (Å²) < 4.78 is 6.37. The van der Waals surface area contributed by atoms with Crippen LogP contribution in [0.1, 0.15) is 5.56 Å². The van der Waals surface area contributed by atoms with E-state index in [1.165, 1.54) is 0 Å². The van der Waals surface area contributed by atoms with E-state index in [1.807, 2.05) is 36.4 Å². The number of rotatable bonds is 4. The van der Waals surface area contributed by atoms with E-state index in [2.05, 4.69) is 21.2 Å². The first-order chi connectivity index (χ1) is 8.69. The molecule has 1 atom stereocenters. The van der Waals surface area contributed by atoms with E-state index in [1.54, 1.807) is 0 Å². The van der Waals surface area contributed by atoms with Crippen molar-refractivity contribution in [1.82, 2.24) is 5.32 Å². The lowest BCUT2D eigenvalue weighted by Gasteiger charge is -2.23.